The molecule has 4 nitrogen and oxygen atoms in total. The number of halogens is 3. The highest BCUT2D eigenvalue weighted by atomic mass is 19.4. The largest absolute Gasteiger partial charge is 0.456 e. The SMILES string of the molecule is O=C(OCC[NH+]1CCOCC1)c1ccc(C(F)(F)F)cc1. The quantitative estimate of drug-likeness (QED) is 0.836. The molecule has 0 spiro atoms. The van der Waals surface area contributed by atoms with Crippen LogP contribution in [0.15, 0.2) is 24.3 Å². The average Bonchev–Trinajstić information content (AvgIpc) is 2.47. The molecule has 21 heavy (non-hydrogen) atoms. The van der Waals surface area contributed by atoms with Crippen LogP contribution in [0.5, 0.6) is 0 Å². The van der Waals surface area contributed by atoms with Crippen molar-refractivity contribution in [3.63, 3.8) is 0 Å². The average molecular weight is 304 g/mol. The van der Waals surface area contributed by atoms with E-state index in [2.05, 4.69) is 0 Å². The second kappa shape index (κ2) is 6.91. The van der Waals surface area contributed by atoms with Crippen LogP contribution in [0.1, 0.15) is 15.9 Å². The van der Waals surface area contributed by atoms with Crippen LogP contribution in [0.25, 0.3) is 0 Å². The molecule has 1 aromatic carbocycles. The van der Waals surface area contributed by atoms with Gasteiger partial charge in [-0.05, 0) is 24.3 Å². The molecular formula is C14H17F3NO3+. The lowest BCUT2D eigenvalue weighted by Crippen LogP contribution is -3.14. The summed E-state index contributed by atoms with van der Waals surface area (Å²) in [4.78, 5) is 13.0. The predicted molar refractivity (Wildman–Crippen MR) is 68.1 cm³/mol. The monoisotopic (exact) mass is 304 g/mol. The fourth-order valence-electron chi connectivity index (χ4n) is 2.08. The topological polar surface area (TPSA) is 40.0 Å². The summed E-state index contributed by atoms with van der Waals surface area (Å²) in [6.45, 7) is 4.06. The number of hydrogen-bond acceptors (Lipinski definition) is 3. The fraction of sp³-hybridized carbons (Fsp3) is 0.500. The lowest BCUT2D eigenvalue weighted by atomic mass is 10.1. The van der Waals surface area contributed by atoms with Gasteiger partial charge in [0.2, 0.25) is 0 Å². The van der Waals surface area contributed by atoms with Crippen LogP contribution in [0.3, 0.4) is 0 Å². The van der Waals surface area contributed by atoms with Gasteiger partial charge in [-0.3, -0.25) is 0 Å². The zero-order valence-corrected chi connectivity index (χ0v) is 11.4. The van der Waals surface area contributed by atoms with Gasteiger partial charge in [-0.1, -0.05) is 0 Å². The Morgan fingerprint density at radius 2 is 1.81 bits per heavy atom. The number of carbonyl (C=O) groups excluding carboxylic acids is 1. The van der Waals surface area contributed by atoms with Crippen molar-refractivity contribution in [2.45, 2.75) is 6.18 Å². The number of rotatable bonds is 4. The lowest BCUT2D eigenvalue weighted by molar-refractivity contribution is -0.908. The van der Waals surface area contributed by atoms with Crippen LogP contribution < -0.4 is 4.90 Å². The summed E-state index contributed by atoms with van der Waals surface area (Å²) in [5, 5.41) is 0. The molecule has 1 heterocycles. The Morgan fingerprint density at radius 1 is 1.19 bits per heavy atom. The van der Waals surface area contributed by atoms with Crippen LogP contribution in [0.4, 0.5) is 13.2 Å². The third-order valence-corrected chi connectivity index (χ3v) is 3.34. The van der Waals surface area contributed by atoms with E-state index in [0.717, 1.165) is 37.4 Å². The normalized spacial score (nSPS) is 16.7. The van der Waals surface area contributed by atoms with E-state index in [4.69, 9.17) is 9.47 Å². The van der Waals surface area contributed by atoms with E-state index in [1.54, 1.807) is 0 Å². The van der Waals surface area contributed by atoms with Gasteiger partial charge in [0, 0.05) is 0 Å². The molecule has 0 aliphatic carbocycles. The summed E-state index contributed by atoms with van der Waals surface area (Å²) in [6, 6.07) is 4.02. The molecule has 7 heteroatoms. The predicted octanol–water partition coefficient (Wildman–Crippen LogP) is 0.777. The van der Waals surface area contributed by atoms with Gasteiger partial charge in [0.05, 0.1) is 24.3 Å². The van der Waals surface area contributed by atoms with Gasteiger partial charge in [0.25, 0.3) is 0 Å². The molecule has 0 radical (unpaired) electrons. The third kappa shape index (κ3) is 4.71. The molecule has 1 aliphatic rings. The summed E-state index contributed by atoms with van der Waals surface area (Å²) in [6.07, 6.45) is -4.40. The van der Waals surface area contributed by atoms with Crippen LogP contribution in [0.2, 0.25) is 0 Å². The van der Waals surface area contributed by atoms with E-state index in [0.29, 0.717) is 19.8 Å². The Bertz CT molecular complexity index is 467. The van der Waals surface area contributed by atoms with Gasteiger partial charge >= 0.3 is 12.1 Å². The van der Waals surface area contributed by atoms with Crippen molar-refractivity contribution < 1.29 is 32.3 Å². The van der Waals surface area contributed by atoms with E-state index >= 15 is 0 Å². The first-order valence-electron chi connectivity index (χ1n) is 6.72. The number of nitrogens with one attached hydrogen (secondary N) is 1. The highest BCUT2D eigenvalue weighted by Gasteiger charge is 2.30. The Kier molecular flexibility index (Phi) is 5.19. The molecule has 2 rings (SSSR count). The lowest BCUT2D eigenvalue weighted by Gasteiger charge is -2.23. The number of alkyl halides is 3. The Labute approximate surface area is 120 Å². The summed E-state index contributed by atoms with van der Waals surface area (Å²) < 4.78 is 47.5. The minimum Gasteiger partial charge on any atom is -0.456 e. The number of benzene rings is 1. The number of ether oxygens (including phenoxy) is 2. The first-order valence-corrected chi connectivity index (χ1v) is 6.72. The number of quaternary nitrogens is 1. The highest BCUT2D eigenvalue weighted by molar-refractivity contribution is 5.89. The van der Waals surface area contributed by atoms with Crippen molar-refractivity contribution in [2.75, 3.05) is 39.5 Å². The van der Waals surface area contributed by atoms with Gasteiger partial charge in [-0.15, -0.1) is 0 Å². The fourth-order valence-corrected chi connectivity index (χ4v) is 2.08. The maximum absolute atomic E-state index is 12.4. The standard InChI is InChI=1S/C14H16F3NO3/c15-14(16,17)12-3-1-11(2-4-12)13(19)21-10-7-18-5-8-20-9-6-18/h1-4H,5-10H2/p+1. The van der Waals surface area contributed by atoms with Crippen LogP contribution in [0, 0.1) is 0 Å². The molecule has 1 fully saturated rings. The third-order valence-electron chi connectivity index (χ3n) is 3.34. The Hall–Kier alpha value is -1.60. The summed E-state index contributed by atoms with van der Waals surface area (Å²) in [5.41, 5.74) is -0.656. The minimum absolute atomic E-state index is 0.125. The molecule has 1 aliphatic heterocycles. The van der Waals surface area contributed by atoms with E-state index in [-0.39, 0.29) is 12.2 Å². The van der Waals surface area contributed by atoms with Gasteiger partial charge < -0.3 is 14.4 Å². The minimum atomic E-state index is -4.40. The first-order chi connectivity index (χ1) is 9.97. The summed E-state index contributed by atoms with van der Waals surface area (Å²) in [7, 11) is 0. The van der Waals surface area contributed by atoms with E-state index in [9.17, 15) is 18.0 Å². The maximum Gasteiger partial charge on any atom is 0.416 e. The summed E-state index contributed by atoms with van der Waals surface area (Å²) >= 11 is 0. The van der Waals surface area contributed by atoms with E-state index in [1.165, 1.54) is 4.90 Å². The first kappa shape index (κ1) is 15.8. The van der Waals surface area contributed by atoms with Crippen molar-refractivity contribution in [1.29, 1.82) is 0 Å². The van der Waals surface area contributed by atoms with Crippen molar-refractivity contribution >= 4 is 5.97 Å². The highest BCUT2D eigenvalue weighted by Crippen LogP contribution is 2.29. The van der Waals surface area contributed by atoms with Gasteiger partial charge in [0.1, 0.15) is 26.2 Å². The van der Waals surface area contributed by atoms with Crippen molar-refractivity contribution in [3.05, 3.63) is 35.4 Å². The molecule has 0 aromatic heterocycles. The Morgan fingerprint density at radius 3 is 2.38 bits per heavy atom. The molecule has 1 N–H and O–H groups in total. The molecule has 0 atom stereocenters. The number of hydrogen-bond donors (Lipinski definition) is 1. The van der Waals surface area contributed by atoms with Crippen LogP contribution >= 0.6 is 0 Å². The smallest absolute Gasteiger partial charge is 0.416 e. The molecule has 0 bridgehead atoms. The molecular weight excluding hydrogens is 287 g/mol. The zero-order valence-electron chi connectivity index (χ0n) is 11.4. The van der Waals surface area contributed by atoms with Crippen molar-refractivity contribution in [2.24, 2.45) is 0 Å². The maximum atomic E-state index is 12.4. The van der Waals surface area contributed by atoms with Crippen molar-refractivity contribution in [1.82, 2.24) is 0 Å². The van der Waals surface area contributed by atoms with Gasteiger partial charge in [-0.25, -0.2) is 4.79 Å². The second-order valence-electron chi connectivity index (χ2n) is 4.82. The zero-order chi connectivity index (χ0) is 15.3. The van der Waals surface area contributed by atoms with Gasteiger partial charge in [-0.2, -0.15) is 13.2 Å². The van der Waals surface area contributed by atoms with Crippen LogP contribution in [-0.4, -0.2) is 45.4 Å². The molecule has 0 amide bonds. The molecule has 1 saturated heterocycles. The molecule has 1 aromatic rings. The summed E-state index contributed by atoms with van der Waals surface area (Å²) in [5.74, 6) is -0.601. The van der Waals surface area contributed by atoms with E-state index < -0.39 is 17.7 Å². The Balaban J connectivity index is 1.80. The number of carbonyl (C=O) groups is 1. The molecule has 0 unspecified atom stereocenters. The van der Waals surface area contributed by atoms with E-state index in [1.807, 2.05) is 0 Å². The number of esters is 1. The molecule has 0 saturated carbocycles. The van der Waals surface area contributed by atoms with Gasteiger partial charge in [0.15, 0.2) is 0 Å². The van der Waals surface area contributed by atoms with Crippen molar-refractivity contribution in [3.8, 4) is 0 Å². The van der Waals surface area contributed by atoms with Crippen LogP contribution in [-0.2, 0) is 15.7 Å². The number of morpholine rings is 1. The second-order valence-corrected chi connectivity index (χ2v) is 4.82. The molecule has 116 valence electrons.